The molecule has 0 unspecified atom stereocenters. The highest BCUT2D eigenvalue weighted by Gasteiger charge is 2.21. The van der Waals surface area contributed by atoms with Gasteiger partial charge in [0.2, 0.25) is 10.0 Å². The average Bonchev–Trinajstić information content (AvgIpc) is 2.26. The predicted molar refractivity (Wildman–Crippen MR) is 62.4 cm³/mol. The van der Waals surface area contributed by atoms with E-state index in [1.165, 1.54) is 0 Å². The number of nitrogens with zero attached hydrogens (tertiary/aromatic N) is 1. The van der Waals surface area contributed by atoms with Gasteiger partial charge in [-0.2, -0.15) is 4.31 Å². The maximum Gasteiger partial charge on any atom is 0.243 e. The van der Waals surface area contributed by atoms with Crippen molar-refractivity contribution in [1.29, 1.82) is 0 Å². The number of hydrogen-bond donors (Lipinski definition) is 1. The number of benzene rings is 1. The summed E-state index contributed by atoms with van der Waals surface area (Å²) in [6, 6.07) is 6.61. The first kappa shape index (κ1) is 13.2. The third-order valence-corrected chi connectivity index (χ3v) is 4.17. The molecule has 0 aromatic heterocycles. The topological polar surface area (TPSA) is 57.6 Å². The highest BCUT2D eigenvalue weighted by molar-refractivity contribution is 7.89. The minimum atomic E-state index is -3.52. The summed E-state index contributed by atoms with van der Waals surface area (Å²) < 4.78 is 25.2. The maximum absolute atomic E-state index is 12.0. The molecule has 0 fully saturated rings. The Morgan fingerprint density at radius 2 is 1.88 bits per heavy atom. The average molecular weight is 242 g/mol. The van der Waals surface area contributed by atoms with E-state index in [0.717, 1.165) is 9.87 Å². The van der Waals surface area contributed by atoms with E-state index in [9.17, 15) is 8.42 Å². The molecule has 0 bridgehead atoms. The van der Waals surface area contributed by atoms with E-state index in [4.69, 9.17) is 5.11 Å². The van der Waals surface area contributed by atoms with Crippen molar-refractivity contribution < 1.29 is 13.5 Å². The van der Waals surface area contributed by atoms with Crippen LogP contribution in [0.3, 0.4) is 0 Å². The molecule has 5 heteroatoms. The van der Waals surface area contributed by atoms with Crippen molar-refractivity contribution in [2.75, 3.05) is 19.7 Å². The van der Waals surface area contributed by atoms with Gasteiger partial charge >= 0.3 is 0 Å². The van der Waals surface area contributed by atoms with E-state index in [1.54, 1.807) is 24.3 Å². The van der Waals surface area contributed by atoms with Gasteiger partial charge in [-0.1, -0.05) is 17.7 Å². The molecule has 16 heavy (non-hydrogen) atoms. The molecule has 0 aliphatic rings. The summed E-state index contributed by atoms with van der Waals surface area (Å²) in [5.41, 5.74) is 1.00. The number of sulfonamides is 1. The fraction of sp³-hybridized carbons (Fsp3) is 0.364. The summed E-state index contributed by atoms with van der Waals surface area (Å²) in [7, 11) is -3.52. The Kier molecular flexibility index (Phi) is 4.46. The summed E-state index contributed by atoms with van der Waals surface area (Å²) in [6.07, 6.45) is 0. The molecule has 0 heterocycles. The molecule has 0 amide bonds. The van der Waals surface area contributed by atoms with Crippen LogP contribution in [0.2, 0.25) is 0 Å². The molecule has 0 atom stereocenters. The third-order valence-electron chi connectivity index (χ3n) is 2.26. The zero-order valence-electron chi connectivity index (χ0n) is 9.26. The van der Waals surface area contributed by atoms with Gasteiger partial charge < -0.3 is 5.11 Å². The molecule has 1 aromatic carbocycles. The Morgan fingerprint density at radius 3 is 2.31 bits per heavy atom. The van der Waals surface area contributed by atoms with Gasteiger partial charge in [-0.25, -0.2) is 8.42 Å². The second kappa shape index (κ2) is 5.43. The lowest BCUT2D eigenvalue weighted by Gasteiger charge is -2.19. The molecule has 0 saturated heterocycles. The van der Waals surface area contributed by atoms with Gasteiger partial charge in [-0.05, 0) is 26.0 Å². The van der Waals surface area contributed by atoms with Crippen molar-refractivity contribution in [2.24, 2.45) is 0 Å². The predicted octanol–water partition coefficient (Wildman–Crippen LogP) is 0.812. The Morgan fingerprint density at radius 1 is 1.31 bits per heavy atom. The van der Waals surface area contributed by atoms with Gasteiger partial charge in [-0.3, -0.25) is 0 Å². The van der Waals surface area contributed by atoms with Crippen LogP contribution >= 0.6 is 0 Å². The molecule has 1 radical (unpaired) electrons. The number of hydrogen-bond acceptors (Lipinski definition) is 3. The van der Waals surface area contributed by atoms with Crippen LogP contribution in [-0.2, 0) is 10.0 Å². The molecule has 89 valence electrons. The second-order valence-corrected chi connectivity index (χ2v) is 5.38. The Bertz CT molecular complexity index is 425. The monoisotopic (exact) mass is 242 g/mol. The summed E-state index contributed by atoms with van der Waals surface area (Å²) >= 11 is 0. The van der Waals surface area contributed by atoms with Crippen LogP contribution in [0.4, 0.5) is 0 Å². The molecule has 1 N–H and O–H groups in total. The summed E-state index contributed by atoms with van der Waals surface area (Å²) in [4.78, 5) is 0.232. The molecular weight excluding hydrogens is 226 g/mol. The van der Waals surface area contributed by atoms with Gasteiger partial charge in [0.25, 0.3) is 0 Å². The Hall–Kier alpha value is -0.910. The van der Waals surface area contributed by atoms with E-state index in [0.29, 0.717) is 0 Å². The van der Waals surface area contributed by atoms with E-state index >= 15 is 0 Å². The first-order valence-electron chi connectivity index (χ1n) is 4.99. The second-order valence-electron chi connectivity index (χ2n) is 3.44. The van der Waals surface area contributed by atoms with Crippen LogP contribution in [-0.4, -0.2) is 37.5 Å². The van der Waals surface area contributed by atoms with Gasteiger partial charge in [0, 0.05) is 13.1 Å². The molecule has 0 saturated carbocycles. The fourth-order valence-electron chi connectivity index (χ4n) is 1.32. The van der Waals surface area contributed by atoms with E-state index in [1.807, 2.05) is 6.92 Å². The van der Waals surface area contributed by atoms with Crippen molar-refractivity contribution >= 4 is 10.0 Å². The zero-order chi connectivity index (χ0) is 12.2. The highest BCUT2D eigenvalue weighted by atomic mass is 32.2. The standard InChI is InChI=1S/C11H16NO3S/c1-3-12(8-9-13)16(14,15)11-6-4-10(2)5-7-11/h4-7,13H,1,3,8-9H2,2H3. The largest absolute Gasteiger partial charge is 0.395 e. The molecule has 1 aromatic rings. The lowest BCUT2D eigenvalue weighted by molar-refractivity contribution is 0.260. The molecule has 0 spiro atoms. The molecule has 0 aliphatic heterocycles. The van der Waals surface area contributed by atoms with E-state index < -0.39 is 10.0 Å². The van der Waals surface area contributed by atoms with Crippen molar-refractivity contribution in [2.45, 2.75) is 11.8 Å². The van der Waals surface area contributed by atoms with Crippen LogP contribution in [0.25, 0.3) is 0 Å². The van der Waals surface area contributed by atoms with Gasteiger partial charge in [0.1, 0.15) is 0 Å². The zero-order valence-corrected chi connectivity index (χ0v) is 10.1. The smallest absolute Gasteiger partial charge is 0.243 e. The minimum absolute atomic E-state index is 0.0692. The first-order valence-corrected chi connectivity index (χ1v) is 6.43. The lowest BCUT2D eigenvalue weighted by Crippen LogP contribution is -2.33. The van der Waals surface area contributed by atoms with Crippen molar-refractivity contribution in [3.63, 3.8) is 0 Å². The summed E-state index contributed by atoms with van der Waals surface area (Å²) in [5.74, 6) is 0. The van der Waals surface area contributed by atoms with Gasteiger partial charge in [0.15, 0.2) is 0 Å². The molecular formula is C11H16NO3S. The number of rotatable bonds is 5. The van der Waals surface area contributed by atoms with Gasteiger partial charge in [-0.15, -0.1) is 0 Å². The highest BCUT2D eigenvalue weighted by Crippen LogP contribution is 2.15. The van der Waals surface area contributed by atoms with Crippen LogP contribution in [0.15, 0.2) is 29.2 Å². The van der Waals surface area contributed by atoms with Crippen LogP contribution in [0, 0.1) is 13.8 Å². The Balaban J connectivity index is 3.04. The molecule has 4 nitrogen and oxygen atoms in total. The fourth-order valence-corrected chi connectivity index (χ4v) is 2.66. The number of aliphatic hydroxyl groups excluding tert-OH is 1. The van der Waals surface area contributed by atoms with E-state index in [2.05, 4.69) is 6.92 Å². The SMILES string of the molecule is [CH2]CN(CCO)S(=O)(=O)c1ccc(C)cc1. The minimum Gasteiger partial charge on any atom is -0.395 e. The Labute approximate surface area is 96.6 Å². The first-order chi connectivity index (χ1) is 7.52. The van der Waals surface area contributed by atoms with Gasteiger partial charge in [0.05, 0.1) is 11.5 Å². The summed E-state index contributed by atoms with van der Waals surface area (Å²) in [5, 5.41) is 8.79. The van der Waals surface area contributed by atoms with Crippen molar-refractivity contribution in [3.05, 3.63) is 36.8 Å². The number of aryl methyl sites for hydroxylation is 1. The normalized spacial score (nSPS) is 12.0. The van der Waals surface area contributed by atoms with Crippen molar-refractivity contribution in [1.82, 2.24) is 4.31 Å². The third kappa shape index (κ3) is 2.81. The summed E-state index contributed by atoms with van der Waals surface area (Å²) in [6.45, 7) is 5.41. The van der Waals surface area contributed by atoms with E-state index in [-0.39, 0.29) is 24.6 Å². The number of aliphatic hydroxyl groups is 1. The quantitative estimate of drug-likeness (QED) is 0.831. The van der Waals surface area contributed by atoms with Crippen molar-refractivity contribution in [3.8, 4) is 0 Å². The van der Waals surface area contributed by atoms with Crippen LogP contribution in [0.5, 0.6) is 0 Å². The lowest BCUT2D eigenvalue weighted by atomic mass is 10.2. The maximum atomic E-state index is 12.0. The van der Waals surface area contributed by atoms with Crippen LogP contribution < -0.4 is 0 Å². The van der Waals surface area contributed by atoms with Crippen LogP contribution in [0.1, 0.15) is 5.56 Å². The molecule has 0 aliphatic carbocycles. The molecule has 1 rings (SSSR count).